The predicted octanol–water partition coefficient (Wildman–Crippen LogP) is 2.50. The minimum Gasteiger partial charge on any atom is -0.370 e. The highest BCUT2D eigenvalue weighted by atomic mass is 32.2. The van der Waals surface area contributed by atoms with Crippen LogP contribution >= 0.6 is 0 Å². The molecule has 120 valence electrons. The zero-order valence-corrected chi connectivity index (χ0v) is 12.9. The first-order chi connectivity index (χ1) is 9.74. The average molecular weight is 324 g/mol. The molecule has 1 aromatic heterocycles. The summed E-state index contributed by atoms with van der Waals surface area (Å²) in [6, 6.07) is 1.41. The molecule has 5 nitrogen and oxygen atoms in total. The molecule has 1 rings (SSSR count). The molecule has 2 atom stereocenters. The molecule has 9 heteroatoms. The van der Waals surface area contributed by atoms with Crippen LogP contribution in [0.1, 0.15) is 26.1 Å². The second-order valence-electron chi connectivity index (χ2n) is 4.58. The van der Waals surface area contributed by atoms with E-state index in [-0.39, 0.29) is 23.4 Å². The summed E-state index contributed by atoms with van der Waals surface area (Å²) in [4.78, 5) is 6.92. The lowest BCUT2D eigenvalue weighted by atomic mass is 10.4. The van der Waals surface area contributed by atoms with Gasteiger partial charge in [0.25, 0.3) is 0 Å². The molecule has 0 saturated carbocycles. The third-order valence-corrected chi connectivity index (χ3v) is 3.97. The molecule has 0 fully saturated rings. The van der Waals surface area contributed by atoms with Gasteiger partial charge in [0.15, 0.2) is 0 Å². The number of nitrogens with zero attached hydrogens (tertiary/aromatic N) is 2. The molecule has 0 amide bonds. The van der Waals surface area contributed by atoms with Crippen molar-refractivity contribution in [1.29, 1.82) is 0 Å². The van der Waals surface area contributed by atoms with Crippen molar-refractivity contribution in [3.05, 3.63) is 11.9 Å². The summed E-state index contributed by atoms with van der Waals surface area (Å²) in [6.45, 7) is 4.43. The lowest BCUT2D eigenvalue weighted by Gasteiger charge is -2.14. The van der Waals surface area contributed by atoms with Crippen LogP contribution in [-0.4, -0.2) is 38.8 Å². The van der Waals surface area contributed by atoms with Gasteiger partial charge in [-0.1, -0.05) is 6.92 Å². The van der Waals surface area contributed by atoms with E-state index in [1.807, 2.05) is 6.92 Å². The van der Waals surface area contributed by atoms with E-state index in [0.29, 0.717) is 6.54 Å². The van der Waals surface area contributed by atoms with E-state index in [9.17, 15) is 17.4 Å². The number of halogens is 3. The van der Waals surface area contributed by atoms with Gasteiger partial charge in [0, 0.05) is 41.5 Å². The maximum absolute atomic E-state index is 12.8. The van der Waals surface area contributed by atoms with Crippen LogP contribution < -0.4 is 10.6 Å². The molecule has 0 radical (unpaired) electrons. The molecule has 2 unspecified atom stereocenters. The quantitative estimate of drug-likeness (QED) is 0.807. The smallest absolute Gasteiger partial charge is 0.370 e. The van der Waals surface area contributed by atoms with E-state index in [4.69, 9.17) is 0 Å². The molecular formula is C12H19F3N4OS. The highest BCUT2D eigenvalue weighted by molar-refractivity contribution is 7.84. The fraction of sp³-hybridized carbons (Fsp3) is 0.667. The van der Waals surface area contributed by atoms with E-state index in [0.717, 1.165) is 6.42 Å². The van der Waals surface area contributed by atoms with E-state index in [1.54, 1.807) is 13.2 Å². The molecule has 0 aliphatic carbocycles. The molecule has 1 heterocycles. The summed E-state index contributed by atoms with van der Waals surface area (Å²) >= 11 is 0. The Morgan fingerprint density at radius 1 is 1.29 bits per heavy atom. The van der Waals surface area contributed by atoms with Crippen molar-refractivity contribution in [2.24, 2.45) is 0 Å². The average Bonchev–Trinajstić information content (AvgIpc) is 2.41. The highest BCUT2D eigenvalue weighted by Gasteiger charge is 2.35. The number of hydrogen-bond acceptors (Lipinski definition) is 5. The summed E-state index contributed by atoms with van der Waals surface area (Å²) < 4.78 is 49.5. The molecule has 0 saturated heterocycles. The predicted molar refractivity (Wildman–Crippen MR) is 77.8 cm³/mol. The minimum absolute atomic E-state index is 0.0632. The number of aromatic nitrogens is 2. The second-order valence-corrected chi connectivity index (χ2v) is 6.38. The van der Waals surface area contributed by atoms with Crippen molar-refractivity contribution >= 4 is 22.4 Å². The summed E-state index contributed by atoms with van der Waals surface area (Å²) in [5.41, 5.74) is 0. The fourth-order valence-electron chi connectivity index (χ4n) is 1.37. The van der Waals surface area contributed by atoms with Gasteiger partial charge in [0.1, 0.15) is 11.6 Å². The van der Waals surface area contributed by atoms with Crippen LogP contribution in [0.25, 0.3) is 0 Å². The standard InChI is InChI=1S/C12H19F3N4OS/c1-4-5-16-9-6-10(17-7-8(2)21(3)20)19-11(18-9)12(13,14)15/h6,8H,4-5,7H2,1-3H3,(H2,16,17,18,19). The number of rotatable bonds is 7. The van der Waals surface area contributed by atoms with Crippen LogP contribution in [-0.2, 0) is 17.0 Å². The van der Waals surface area contributed by atoms with E-state index in [1.165, 1.54) is 6.07 Å². The zero-order valence-electron chi connectivity index (χ0n) is 12.1. The SMILES string of the molecule is CCCNc1cc(NCC(C)S(C)=O)nc(C(F)(F)F)n1. The summed E-state index contributed by atoms with van der Waals surface area (Å²) in [5.74, 6) is -1.02. The Morgan fingerprint density at radius 2 is 1.86 bits per heavy atom. The van der Waals surface area contributed by atoms with Gasteiger partial charge in [-0.2, -0.15) is 13.2 Å². The number of nitrogens with one attached hydrogen (secondary N) is 2. The van der Waals surface area contributed by atoms with Gasteiger partial charge in [-0.3, -0.25) is 4.21 Å². The first kappa shape index (κ1) is 17.7. The zero-order chi connectivity index (χ0) is 16.0. The Balaban J connectivity index is 2.93. The number of anilines is 2. The van der Waals surface area contributed by atoms with Crippen LogP contribution in [0.5, 0.6) is 0 Å². The van der Waals surface area contributed by atoms with Gasteiger partial charge in [-0.05, 0) is 13.3 Å². The van der Waals surface area contributed by atoms with Gasteiger partial charge in [-0.25, -0.2) is 9.97 Å². The maximum Gasteiger partial charge on any atom is 0.451 e. The van der Waals surface area contributed by atoms with Crippen molar-refractivity contribution in [3.8, 4) is 0 Å². The third-order valence-electron chi connectivity index (χ3n) is 2.67. The first-order valence-electron chi connectivity index (χ1n) is 6.50. The van der Waals surface area contributed by atoms with Crippen LogP contribution in [0.4, 0.5) is 24.8 Å². The first-order valence-corrected chi connectivity index (χ1v) is 8.12. The van der Waals surface area contributed by atoms with Gasteiger partial charge >= 0.3 is 6.18 Å². The fourth-order valence-corrected chi connectivity index (χ4v) is 1.69. The maximum atomic E-state index is 12.8. The van der Waals surface area contributed by atoms with Gasteiger partial charge in [-0.15, -0.1) is 0 Å². The molecule has 21 heavy (non-hydrogen) atoms. The Morgan fingerprint density at radius 3 is 2.33 bits per heavy atom. The third kappa shape index (κ3) is 5.86. The molecule has 1 aromatic rings. The summed E-state index contributed by atoms with van der Waals surface area (Å²) in [6.07, 6.45) is -2.30. The Hall–Kier alpha value is -1.38. The number of alkyl halides is 3. The second kappa shape index (κ2) is 7.58. The number of hydrogen-bond donors (Lipinski definition) is 2. The highest BCUT2D eigenvalue weighted by Crippen LogP contribution is 2.28. The van der Waals surface area contributed by atoms with Crippen LogP contribution in [0.15, 0.2) is 6.07 Å². The molecule has 0 bridgehead atoms. The van der Waals surface area contributed by atoms with Gasteiger partial charge < -0.3 is 10.6 Å². The van der Waals surface area contributed by atoms with Gasteiger partial charge in [0.2, 0.25) is 5.82 Å². The topological polar surface area (TPSA) is 66.9 Å². The summed E-state index contributed by atoms with van der Waals surface area (Å²) in [5, 5.41) is 5.38. The lowest BCUT2D eigenvalue weighted by molar-refractivity contribution is -0.144. The van der Waals surface area contributed by atoms with Crippen molar-refractivity contribution in [2.45, 2.75) is 31.7 Å². The van der Waals surface area contributed by atoms with Crippen molar-refractivity contribution < 1.29 is 17.4 Å². The minimum atomic E-state index is -4.61. The molecule has 0 aromatic carbocycles. The van der Waals surface area contributed by atoms with E-state index >= 15 is 0 Å². The Labute approximate surface area is 124 Å². The molecule has 2 N–H and O–H groups in total. The normalized spacial score (nSPS) is 14.6. The van der Waals surface area contributed by atoms with E-state index in [2.05, 4.69) is 20.6 Å². The van der Waals surface area contributed by atoms with Crippen LogP contribution in [0, 0.1) is 0 Å². The molecule has 0 spiro atoms. The Bertz CT molecular complexity index is 496. The largest absolute Gasteiger partial charge is 0.451 e. The van der Waals surface area contributed by atoms with Crippen molar-refractivity contribution in [1.82, 2.24) is 9.97 Å². The lowest BCUT2D eigenvalue weighted by Crippen LogP contribution is -2.22. The molecule has 0 aliphatic heterocycles. The van der Waals surface area contributed by atoms with Crippen molar-refractivity contribution in [3.63, 3.8) is 0 Å². The monoisotopic (exact) mass is 324 g/mol. The van der Waals surface area contributed by atoms with Gasteiger partial charge in [0.05, 0.1) is 0 Å². The van der Waals surface area contributed by atoms with E-state index < -0.39 is 22.8 Å². The molecular weight excluding hydrogens is 305 g/mol. The summed E-state index contributed by atoms with van der Waals surface area (Å²) in [7, 11) is -1.06. The molecule has 0 aliphatic rings. The van der Waals surface area contributed by atoms with Crippen LogP contribution in [0.3, 0.4) is 0 Å². The Kier molecular flexibility index (Phi) is 6.38. The van der Waals surface area contributed by atoms with Crippen molar-refractivity contribution in [2.75, 3.05) is 30.0 Å². The van der Waals surface area contributed by atoms with Crippen LogP contribution in [0.2, 0.25) is 0 Å².